The van der Waals surface area contributed by atoms with Crippen LogP contribution in [0.2, 0.25) is 0 Å². The number of likely N-dealkylation sites (tertiary alicyclic amines) is 1. The second kappa shape index (κ2) is 9.97. The third kappa shape index (κ3) is 4.89. The maximum absolute atomic E-state index is 13.4. The number of aliphatic hydroxyl groups excluding tert-OH is 1. The zero-order valence-corrected chi connectivity index (χ0v) is 21.4. The van der Waals surface area contributed by atoms with Crippen LogP contribution in [0.4, 0.5) is 0 Å². The molecule has 1 aliphatic rings. The Kier molecular flexibility index (Phi) is 6.97. The van der Waals surface area contributed by atoms with Crippen molar-refractivity contribution in [3.63, 3.8) is 0 Å². The molecule has 0 radical (unpaired) electrons. The molecule has 1 amide bonds. The highest BCUT2D eigenvalue weighted by molar-refractivity contribution is 6.46. The first kappa shape index (κ1) is 25.2. The molecular weight excluding hydrogens is 452 g/mol. The number of pyridine rings is 1. The molecule has 1 saturated heterocycles. The van der Waals surface area contributed by atoms with Gasteiger partial charge in [0.1, 0.15) is 11.5 Å². The van der Waals surface area contributed by atoms with Gasteiger partial charge in [0.25, 0.3) is 11.7 Å². The molecule has 0 aliphatic carbocycles. The number of benzene rings is 2. The topological polar surface area (TPSA) is 79.7 Å². The third-order valence-electron chi connectivity index (χ3n) is 6.47. The van der Waals surface area contributed by atoms with Gasteiger partial charge in [-0.05, 0) is 65.8 Å². The third-order valence-corrected chi connectivity index (χ3v) is 6.47. The minimum atomic E-state index is -0.731. The summed E-state index contributed by atoms with van der Waals surface area (Å²) in [5, 5.41) is 11.4. The van der Waals surface area contributed by atoms with Gasteiger partial charge in [0.2, 0.25) is 0 Å². The average molecular weight is 485 g/mol. The van der Waals surface area contributed by atoms with E-state index in [1.54, 1.807) is 30.6 Å². The molecule has 0 saturated carbocycles. The number of aryl methyl sites for hydroxylation is 1. The van der Waals surface area contributed by atoms with E-state index >= 15 is 0 Å². The van der Waals surface area contributed by atoms with Gasteiger partial charge in [-0.1, -0.05) is 51.1 Å². The molecule has 4 rings (SSSR count). The lowest BCUT2D eigenvalue weighted by Crippen LogP contribution is -2.29. The van der Waals surface area contributed by atoms with E-state index in [1.807, 2.05) is 50.2 Å². The molecule has 1 fully saturated rings. The fraction of sp³-hybridized carbons (Fsp3) is 0.300. The molecule has 1 aromatic heterocycles. The molecule has 186 valence electrons. The van der Waals surface area contributed by atoms with Gasteiger partial charge in [-0.15, -0.1) is 0 Å². The number of aromatic nitrogens is 1. The van der Waals surface area contributed by atoms with Gasteiger partial charge < -0.3 is 14.7 Å². The van der Waals surface area contributed by atoms with Crippen LogP contribution >= 0.6 is 0 Å². The summed E-state index contributed by atoms with van der Waals surface area (Å²) in [6.45, 7) is 10.9. The number of rotatable bonds is 6. The number of carbonyl (C=O) groups excluding carboxylic acids is 2. The average Bonchev–Trinajstić information content (AvgIpc) is 3.09. The number of hydrogen-bond donors (Lipinski definition) is 1. The predicted octanol–water partition coefficient (Wildman–Crippen LogP) is 5.71. The first-order chi connectivity index (χ1) is 17.1. The number of aliphatic hydroxyl groups is 1. The molecule has 2 heterocycles. The maximum atomic E-state index is 13.4. The summed E-state index contributed by atoms with van der Waals surface area (Å²) >= 11 is 0. The molecule has 1 unspecified atom stereocenters. The Morgan fingerprint density at radius 1 is 1.08 bits per heavy atom. The molecule has 3 aromatic rings. The van der Waals surface area contributed by atoms with Crippen LogP contribution in [0.5, 0.6) is 5.75 Å². The van der Waals surface area contributed by atoms with Gasteiger partial charge in [-0.25, -0.2) is 0 Å². The molecule has 6 heteroatoms. The summed E-state index contributed by atoms with van der Waals surface area (Å²) < 4.78 is 5.56. The highest BCUT2D eigenvalue weighted by Crippen LogP contribution is 2.41. The second-order valence-electron chi connectivity index (χ2n) is 10.1. The lowest BCUT2D eigenvalue weighted by Gasteiger charge is -2.26. The smallest absolute Gasteiger partial charge is 0.295 e. The fourth-order valence-corrected chi connectivity index (χ4v) is 4.55. The minimum Gasteiger partial charge on any atom is -0.507 e. The number of carbonyl (C=O) groups is 2. The SMILES string of the molecule is CCOc1ccc(/C(O)=C2/C(=O)C(=O)N(Cc3cccnc3)C2c2ccc(C(C)(C)C)cc2)c(C)c1. The Morgan fingerprint density at radius 2 is 1.81 bits per heavy atom. The van der Waals surface area contributed by atoms with Crippen LogP contribution in [0.15, 0.2) is 72.6 Å². The Morgan fingerprint density at radius 3 is 2.39 bits per heavy atom. The van der Waals surface area contributed by atoms with Crippen molar-refractivity contribution in [1.82, 2.24) is 9.88 Å². The van der Waals surface area contributed by atoms with Crippen LogP contribution < -0.4 is 4.74 Å². The molecular formula is C30H32N2O4. The van der Waals surface area contributed by atoms with Crippen LogP contribution in [0.3, 0.4) is 0 Å². The summed E-state index contributed by atoms with van der Waals surface area (Å²) in [6, 6.07) is 16.1. The van der Waals surface area contributed by atoms with Crippen LogP contribution in [-0.4, -0.2) is 33.3 Å². The van der Waals surface area contributed by atoms with Crippen molar-refractivity contribution in [2.75, 3.05) is 6.61 Å². The largest absolute Gasteiger partial charge is 0.507 e. The van der Waals surface area contributed by atoms with Crippen LogP contribution in [0.1, 0.15) is 61.6 Å². The quantitative estimate of drug-likeness (QED) is 0.275. The first-order valence-corrected chi connectivity index (χ1v) is 12.1. The van der Waals surface area contributed by atoms with E-state index in [1.165, 1.54) is 4.90 Å². The van der Waals surface area contributed by atoms with Crippen molar-refractivity contribution in [2.24, 2.45) is 0 Å². The van der Waals surface area contributed by atoms with Crippen LogP contribution in [0.25, 0.3) is 5.76 Å². The molecule has 6 nitrogen and oxygen atoms in total. The van der Waals surface area contributed by atoms with Gasteiger partial charge in [0.15, 0.2) is 0 Å². The number of amides is 1. The van der Waals surface area contributed by atoms with Gasteiger partial charge >= 0.3 is 0 Å². The van der Waals surface area contributed by atoms with E-state index in [0.717, 1.165) is 22.3 Å². The standard InChI is InChI=1S/C30H32N2O4/c1-6-36-23-13-14-24(19(2)16-23)27(33)25-26(21-9-11-22(12-10-21)30(3,4)5)32(29(35)28(25)34)18-20-8-7-15-31-17-20/h7-17,26,33H,6,18H2,1-5H3/b27-25-. The number of hydrogen-bond acceptors (Lipinski definition) is 5. The summed E-state index contributed by atoms with van der Waals surface area (Å²) in [6.07, 6.45) is 3.34. The molecule has 1 aliphatic heterocycles. The Balaban J connectivity index is 1.85. The molecule has 0 bridgehead atoms. The van der Waals surface area contributed by atoms with E-state index < -0.39 is 17.7 Å². The van der Waals surface area contributed by atoms with E-state index in [2.05, 4.69) is 25.8 Å². The molecule has 36 heavy (non-hydrogen) atoms. The second-order valence-corrected chi connectivity index (χ2v) is 10.1. The van der Waals surface area contributed by atoms with Gasteiger partial charge in [0, 0.05) is 24.5 Å². The van der Waals surface area contributed by atoms with Gasteiger partial charge in [0.05, 0.1) is 18.2 Å². The van der Waals surface area contributed by atoms with E-state index in [9.17, 15) is 14.7 Å². The Bertz CT molecular complexity index is 1310. The highest BCUT2D eigenvalue weighted by atomic mass is 16.5. The lowest BCUT2D eigenvalue weighted by molar-refractivity contribution is -0.140. The molecule has 2 aromatic carbocycles. The highest BCUT2D eigenvalue weighted by Gasteiger charge is 2.46. The molecule has 0 spiro atoms. The summed E-state index contributed by atoms with van der Waals surface area (Å²) in [5.41, 5.74) is 3.98. The summed E-state index contributed by atoms with van der Waals surface area (Å²) in [4.78, 5) is 32.3. The summed E-state index contributed by atoms with van der Waals surface area (Å²) in [5.74, 6) is -0.853. The van der Waals surface area contributed by atoms with Crippen molar-refractivity contribution < 1.29 is 19.4 Å². The van der Waals surface area contributed by atoms with Crippen LogP contribution in [-0.2, 0) is 21.5 Å². The number of ether oxygens (including phenoxy) is 1. The zero-order valence-electron chi connectivity index (χ0n) is 21.4. The predicted molar refractivity (Wildman–Crippen MR) is 140 cm³/mol. The molecule has 1 N–H and O–H groups in total. The zero-order chi connectivity index (χ0) is 26.0. The van der Waals surface area contributed by atoms with E-state index in [-0.39, 0.29) is 23.3 Å². The number of ketones is 1. The van der Waals surface area contributed by atoms with E-state index in [0.29, 0.717) is 17.9 Å². The monoisotopic (exact) mass is 484 g/mol. The van der Waals surface area contributed by atoms with Gasteiger partial charge in [-0.3, -0.25) is 14.6 Å². The van der Waals surface area contributed by atoms with E-state index in [4.69, 9.17) is 4.74 Å². The normalized spacial score (nSPS) is 17.5. The molecule has 1 atom stereocenters. The lowest BCUT2D eigenvalue weighted by atomic mass is 9.85. The number of Topliss-reactive ketones (excluding diaryl/α,β-unsaturated/α-hetero) is 1. The van der Waals surface area contributed by atoms with Crippen molar-refractivity contribution >= 4 is 17.4 Å². The fourth-order valence-electron chi connectivity index (χ4n) is 4.55. The Labute approximate surface area is 212 Å². The van der Waals surface area contributed by atoms with Crippen molar-refractivity contribution in [3.05, 3.63) is 100 Å². The van der Waals surface area contributed by atoms with Crippen molar-refractivity contribution in [1.29, 1.82) is 0 Å². The van der Waals surface area contributed by atoms with Gasteiger partial charge in [-0.2, -0.15) is 0 Å². The number of nitrogens with zero attached hydrogens (tertiary/aromatic N) is 2. The maximum Gasteiger partial charge on any atom is 0.295 e. The first-order valence-electron chi connectivity index (χ1n) is 12.1. The minimum absolute atomic E-state index is 0.0462. The van der Waals surface area contributed by atoms with Crippen molar-refractivity contribution in [3.8, 4) is 5.75 Å². The summed E-state index contributed by atoms with van der Waals surface area (Å²) in [7, 11) is 0. The Hall–Kier alpha value is -3.93. The van der Waals surface area contributed by atoms with Crippen molar-refractivity contribution in [2.45, 2.75) is 52.6 Å². The van der Waals surface area contributed by atoms with Crippen LogP contribution in [0, 0.1) is 6.92 Å².